The molecule has 1 aromatic carbocycles. The van der Waals surface area contributed by atoms with Gasteiger partial charge in [0.2, 0.25) is 0 Å². The van der Waals surface area contributed by atoms with Crippen LogP contribution in [0.5, 0.6) is 0 Å². The van der Waals surface area contributed by atoms with Gasteiger partial charge in [0.25, 0.3) is 0 Å². The largest absolute Gasteiger partial charge is 0.385 e. The van der Waals surface area contributed by atoms with Gasteiger partial charge in [0, 0.05) is 0 Å². The van der Waals surface area contributed by atoms with Gasteiger partial charge in [-0.3, -0.25) is 0 Å². The Kier molecular flexibility index (Phi) is 2.20. The average Bonchev–Trinajstić information content (AvgIpc) is 2.41. The molecule has 15 heavy (non-hydrogen) atoms. The SMILES string of the molecule is CC(C)(C)c1ccc2c(c1)[C@@](C)(O)CC2. The number of hydrogen-bond donors (Lipinski definition) is 1. The Morgan fingerprint density at radius 3 is 2.53 bits per heavy atom. The summed E-state index contributed by atoms with van der Waals surface area (Å²) in [6.07, 6.45) is 1.86. The van der Waals surface area contributed by atoms with Gasteiger partial charge in [-0.2, -0.15) is 0 Å². The first-order valence-electron chi connectivity index (χ1n) is 5.67. The van der Waals surface area contributed by atoms with Gasteiger partial charge in [-0.25, -0.2) is 0 Å². The van der Waals surface area contributed by atoms with E-state index in [1.165, 1.54) is 11.1 Å². The van der Waals surface area contributed by atoms with Gasteiger partial charge in [0.1, 0.15) is 0 Å². The van der Waals surface area contributed by atoms with Crippen LogP contribution in [0.15, 0.2) is 18.2 Å². The van der Waals surface area contributed by atoms with Crippen LogP contribution in [-0.4, -0.2) is 5.11 Å². The lowest BCUT2D eigenvalue weighted by atomic mass is 9.84. The van der Waals surface area contributed by atoms with Crippen LogP contribution < -0.4 is 0 Å². The fraction of sp³-hybridized carbons (Fsp3) is 0.571. The minimum Gasteiger partial charge on any atom is -0.385 e. The molecule has 1 atom stereocenters. The van der Waals surface area contributed by atoms with E-state index in [0.29, 0.717) is 0 Å². The molecule has 0 unspecified atom stereocenters. The standard InChI is InChI=1S/C14H20O/c1-13(2,3)11-6-5-10-7-8-14(4,15)12(10)9-11/h5-6,9,15H,7-8H2,1-4H3/t14-/m0/s1. The summed E-state index contributed by atoms with van der Waals surface area (Å²) in [5, 5.41) is 10.2. The van der Waals surface area contributed by atoms with Crippen molar-refractivity contribution < 1.29 is 5.11 Å². The van der Waals surface area contributed by atoms with E-state index in [9.17, 15) is 5.11 Å². The van der Waals surface area contributed by atoms with E-state index in [2.05, 4.69) is 39.0 Å². The molecule has 82 valence electrons. The van der Waals surface area contributed by atoms with Crippen molar-refractivity contribution >= 4 is 0 Å². The highest BCUT2D eigenvalue weighted by atomic mass is 16.3. The molecule has 0 aromatic heterocycles. The second-order valence-corrected chi connectivity index (χ2v) is 5.90. The maximum absolute atomic E-state index is 10.2. The Morgan fingerprint density at radius 1 is 1.27 bits per heavy atom. The van der Waals surface area contributed by atoms with Crippen LogP contribution in [0.4, 0.5) is 0 Å². The predicted molar refractivity (Wildman–Crippen MR) is 63.0 cm³/mol. The maximum Gasteiger partial charge on any atom is 0.0874 e. The molecule has 0 saturated heterocycles. The first kappa shape index (κ1) is 10.7. The quantitative estimate of drug-likeness (QED) is 0.688. The van der Waals surface area contributed by atoms with Gasteiger partial charge >= 0.3 is 0 Å². The second-order valence-electron chi connectivity index (χ2n) is 5.90. The van der Waals surface area contributed by atoms with Gasteiger partial charge in [0.05, 0.1) is 5.60 Å². The Labute approximate surface area is 92.1 Å². The minimum absolute atomic E-state index is 0.160. The molecule has 1 nitrogen and oxygen atoms in total. The van der Waals surface area contributed by atoms with Crippen LogP contribution in [0, 0.1) is 0 Å². The molecular formula is C14H20O. The fourth-order valence-corrected chi connectivity index (χ4v) is 2.28. The Hall–Kier alpha value is -0.820. The highest BCUT2D eigenvalue weighted by molar-refractivity contribution is 5.41. The second kappa shape index (κ2) is 3.08. The average molecular weight is 204 g/mol. The van der Waals surface area contributed by atoms with Crippen LogP contribution in [0.3, 0.4) is 0 Å². The molecule has 0 heterocycles. The molecule has 1 N–H and O–H groups in total. The van der Waals surface area contributed by atoms with Crippen molar-refractivity contribution in [2.75, 3.05) is 0 Å². The number of rotatable bonds is 0. The molecule has 0 radical (unpaired) electrons. The zero-order valence-corrected chi connectivity index (χ0v) is 10.1. The van der Waals surface area contributed by atoms with E-state index >= 15 is 0 Å². The number of fused-ring (bicyclic) bond motifs is 1. The molecule has 1 aromatic rings. The third-order valence-corrected chi connectivity index (χ3v) is 3.44. The zero-order valence-electron chi connectivity index (χ0n) is 10.1. The monoisotopic (exact) mass is 204 g/mol. The highest BCUT2D eigenvalue weighted by Crippen LogP contribution is 2.38. The van der Waals surface area contributed by atoms with E-state index in [1.807, 2.05) is 6.92 Å². The van der Waals surface area contributed by atoms with Crippen molar-refractivity contribution in [2.24, 2.45) is 0 Å². The van der Waals surface area contributed by atoms with Crippen molar-refractivity contribution in [2.45, 2.75) is 51.6 Å². The molecule has 0 spiro atoms. The molecule has 1 aliphatic rings. The lowest BCUT2D eigenvalue weighted by Crippen LogP contribution is -2.18. The summed E-state index contributed by atoms with van der Waals surface area (Å²) in [6.45, 7) is 8.54. The summed E-state index contributed by atoms with van der Waals surface area (Å²) in [6, 6.07) is 6.56. The summed E-state index contributed by atoms with van der Waals surface area (Å²) in [4.78, 5) is 0. The molecule has 1 heteroatoms. The molecule has 1 aliphatic carbocycles. The van der Waals surface area contributed by atoms with Gasteiger partial charge in [0.15, 0.2) is 0 Å². The summed E-state index contributed by atoms with van der Waals surface area (Å²) in [5.74, 6) is 0. The molecular weight excluding hydrogens is 184 g/mol. The van der Waals surface area contributed by atoms with E-state index in [-0.39, 0.29) is 5.41 Å². The Morgan fingerprint density at radius 2 is 1.93 bits per heavy atom. The predicted octanol–water partition coefficient (Wildman–Crippen LogP) is 3.14. The van der Waals surface area contributed by atoms with E-state index in [0.717, 1.165) is 18.4 Å². The summed E-state index contributed by atoms with van der Waals surface area (Å²) >= 11 is 0. The van der Waals surface area contributed by atoms with Gasteiger partial charge in [-0.1, -0.05) is 39.0 Å². The number of aliphatic hydroxyl groups is 1. The van der Waals surface area contributed by atoms with Crippen LogP contribution in [0.25, 0.3) is 0 Å². The van der Waals surface area contributed by atoms with Gasteiger partial charge in [-0.05, 0) is 41.9 Å². The van der Waals surface area contributed by atoms with Crippen molar-refractivity contribution in [1.82, 2.24) is 0 Å². The molecule has 0 saturated carbocycles. The summed E-state index contributed by atoms with van der Waals surface area (Å²) in [7, 11) is 0. The zero-order chi connectivity index (χ0) is 11.3. The highest BCUT2D eigenvalue weighted by Gasteiger charge is 2.32. The van der Waals surface area contributed by atoms with Gasteiger partial charge in [-0.15, -0.1) is 0 Å². The summed E-state index contributed by atoms with van der Waals surface area (Å²) < 4.78 is 0. The lowest BCUT2D eigenvalue weighted by molar-refractivity contribution is 0.0593. The topological polar surface area (TPSA) is 20.2 Å². The molecule has 0 fully saturated rings. The third kappa shape index (κ3) is 1.81. The minimum atomic E-state index is -0.614. The van der Waals surface area contributed by atoms with E-state index in [4.69, 9.17) is 0 Å². The van der Waals surface area contributed by atoms with Crippen molar-refractivity contribution in [3.05, 3.63) is 34.9 Å². The van der Waals surface area contributed by atoms with Crippen LogP contribution >= 0.6 is 0 Å². The normalized spacial score (nSPS) is 25.4. The van der Waals surface area contributed by atoms with Crippen molar-refractivity contribution in [1.29, 1.82) is 0 Å². The van der Waals surface area contributed by atoms with E-state index < -0.39 is 5.60 Å². The van der Waals surface area contributed by atoms with Crippen molar-refractivity contribution in [3.63, 3.8) is 0 Å². The van der Waals surface area contributed by atoms with E-state index in [1.54, 1.807) is 0 Å². The smallest absolute Gasteiger partial charge is 0.0874 e. The molecule has 2 rings (SSSR count). The third-order valence-electron chi connectivity index (χ3n) is 3.44. The molecule has 0 amide bonds. The summed E-state index contributed by atoms with van der Waals surface area (Å²) in [5.41, 5.74) is 3.30. The number of benzene rings is 1. The first-order chi connectivity index (χ1) is 6.81. The molecule has 0 bridgehead atoms. The molecule has 0 aliphatic heterocycles. The lowest BCUT2D eigenvalue weighted by Gasteiger charge is -2.23. The maximum atomic E-state index is 10.2. The van der Waals surface area contributed by atoms with Crippen LogP contribution in [0.2, 0.25) is 0 Å². The Bertz CT molecular complexity index is 383. The number of aryl methyl sites for hydroxylation is 1. The first-order valence-corrected chi connectivity index (χ1v) is 5.67. The van der Waals surface area contributed by atoms with Crippen molar-refractivity contribution in [3.8, 4) is 0 Å². The fourth-order valence-electron chi connectivity index (χ4n) is 2.28. The number of hydrogen-bond acceptors (Lipinski definition) is 1. The van der Waals surface area contributed by atoms with Gasteiger partial charge < -0.3 is 5.11 Å². The van der Waals surface area contributed by atoms with Crippen LogP contribution in [-0.2, 0) is 17.4 Å². The van der Waals surface area contributed by atoms with Crippen LogP contribution in [0.1, 0.15) is 50.8 Å². The Balaban J connectivity index is 2.51.